The smallest absolute Gasteiger partial charge is 0.311 e. The summed E-state index contributed by atoms with van der Waals surface area (Å²) in [6.45, 7) is 2.76. The van der Waals surface area contributed by atoms with Gasteiger partial charge >= 0.3 is 11.8 Å². The maximum absolute atomic E-state index is 11.7. The number of hydrogen-bond donors (Lipinski definition) is 3. The number of nitrogens with zero attached hydrogens (tertiary/aromatic N) is 1. The van der Waals surface area contributed by atoms with Crippen molar-refractivity contribution in [2.45, 2.75) is 12.8 Å². The van der Waals surface area contributed by atoms with Gasteiger partial charge in [-0.15, -0.1) is 0 Å². The molecule has 0 aromatic rings. The summed E-state index contributed by atoms with van der Waals surface area (Å²) in [5, 5.41) is 5.52. The zero-order chi connectivity index (χ0) is 12.7. The Morgan fingerprint density at radius 3 is 2.71 bits per heavy atom. The highest BCUT2D eigenvalue weighted by molar-refractivity contribution is 6.35. The normalized spacial score (nSPS) is 16.1. The van der Waals surface area contributed by atoms with Crippen LogP contribution in [0, 0.1) is 0 Å². The fourth-order valence-corrected chi connectivity index (χ4v) is 1.57. The first kappa shape index (κ1) is 13.4. The molecular weight excluding hydrogens is 224 g/mol. The molecule has 0 radical (unpaired) electrons. The highest BCUT2D eigenvalue weighted by Gasteiger charge is 2.21. The van der Waals surface area contributed by atoms with Gasteiger partial charge in [0, 0.05) is 32.6 Å². The molecule has 0 atom stereocenters. The monoisotopic (exact) mass is 242 g/mol. The minimum Gasteiger partial charge on any atom is -0.370 e. The molecule has 0 bridgehead atoms. The van der Waals surface area contributed by atoms with Gasteiger partial charge in [-0.25, -0.2) is 0 Å². The van der Waals surface area contributed by atoms with Crippen LogP contribution in [-0.4, -0.2) is 55.3 Å². The first-order valence-electron chi connectivity index (χ1n) is 5.67. The second-order valence-electron chi connectivity index (χ2n) is 3.87. The van der Waals surface area contributed by atoms with E-state index in [1.165, 1.54) is 4.90 Å². The SMILES string of the molecule is NC(=O)CCNC(=O)C(=O)N1CCCNCC1. The molecule has 0 aliphatic carbocycles. The van der Waals surface area contributed by atoms with Gasteiger partial charge in [0.15, 0.2) is 0 Å². The molecule has 1 aliphatic heterocycles. The van der Waals surface area contributed by atoms with Crippen molar-refractivity contribution in [3.63, 3.8) is 0 Å². The van der Waals surface area contributed by atoms with Gasteiger partial charge in [0.1, 0.15) is 0 Å². The number of hydrogen-bond acceptors (Lipinski definition) is 4. The van der Waals surface area contributed by atoms with Gasteiger partial charge in [0.2, 0.25) is 5.91 Å². The maximum atomic E-state index is 11.7. The predicted octanol–water partition coefficient (Wildman–Crippen LogP) is -2.20. The van der Waals surface area contributed by atoms with E-state index in [9.17, 15) is 14.4 Å². The molecule has 0 aromatic heterocycles. The molecule has 0 unspecified atom stereocenters. The molecule has 1 rings (SSSR count). The summed E-state index contributed by atoms with van der Waals surface area (Å²) in [5.41, 5.74) is 4.92. The van der Waals surface area contributed by atoms with Crippen molar-refractivity contribution in [3.8, 4) is 0 Å². The third-order valence-electron chi connectivity index (χ3n) is 2.48. The van der Waals surface area contributed by atoms with Gasteiger partial charge < -0.3 is 21.3 Å². The molecule has 1 fully saturated rings. The summed E-state index contributed by atoms with van der Waals surface area (Å²) in [4.78, 5) is 35.1. The van der Waals surface area contributed by atoms with Crippen LogP contribution in [0.25, 0.3) is 0 Å². The lowest BCUT2D eigenvalue weighted by atomic mass is 10.3. The van der Waals surface area contributed by atoms with Crippen LogP contribution >= 0.6 is 0 Å². The van der Waals surface area contributed by atoms with Crippen LogP contribution in [0.1, 0.15) is 12.8 Å². The Hall–Kier alpha value is -1.63. The van der Waals surface area contributed by atoms with Gasteiger partial charge in [0.05, 0.1) is 0 Å². The molecule has 3 amide bonds. The summed E-state index contributed by atoms with van der Waals surface area (Å²) in [6.07, 6.45) is 0.876. The Morgan fingerprint density at radius 1 is 1.24 bits per heavy atom. The van der Waals surface area contributed by atoms with E-state index in [0.29, 0.717) is 19.6 Å². The molecule has 96 valence electrons. The lowest BCUT2D eigenvalue weighted by Crippen LogP contribution is -2.45. The summed E-state index contributed by atoms with van der Waals surface area (Å²) in [6, 6.07) is 0. The van der Waals surface area contributed by atoms with Crippen LogP contribution in [0.15, 0.2) is 0 Å². The van der Waals surface area contributed by atoms with E-state index in [4.69, 9.17) is 5.73 Å². The summed E-state index contributed by atoms with van der Waals surface area (Å²) in [7, 11) is 0. The lowest BCUT2D eigenvalue weighted by molar-refractivity contribution is -0.145. The van der Waals surface area contributed by atoms with E-state index in [0.717, 1.165) is 13.0 Å². The zero-order valence-corrected chi connectivity index (χ0v) is 9.70. The van der Waals surface area contributed by atoms with Gasteiger partial charge in [-0.05, 0) is 13.0 Å². The van der Waals surface area contributed by atoms with Crippen LogP contribution in [0.3, 0.4) is 0 Å². The zero-order valence-electron chi connectivity index (χ0n) is 9.70. The molecule has 17 heavy (non-hydrogen) atoms. The second-order valence-corrected chi connectivity index (χ2v) is 3.87. The molecule has 4 N–H and O–H groups in total. The van der Waals surface area contributed by atoms with E-state index in [1.54, 1.807) is 0 Å². The van der Waals surface area contributed by atoms with E-state index in [2.05, 4.69) is 10.6 Å². The molecule has 0 saturated carbocycles. The highest BCUT2D eigenvalue weighted by Crippen LogP contribution is 1.96. The Morgan fingerprint density at radius 2 is 2.00 bits per heavy atom. The summed E-state index contributed by atoms with van der Waals surface area (Å²) < 4.78 is 0. The molecule has 1 saturated heterocycles. The number of rotatable bonds is 3. The van der Waals surface area contributed by atoms with Crippen LogP contribution in [0.4, 0.5) is 0 Å². The third kappa shape index (κ3) is 4.81. The molecular formula is C10H18N4O3. The first-order valence-corrected chi connectivity index (χ1v) is 5.67. The molecule has 7 nitrogen and oxygen atoms in total. The van der Waals surface area contributed by atoms with E-state index >= 15 is 0 Å². The van der Waals surface area contributed by atoms with Gasteiger partial charge in [-0.2, -0.15) is 0 Å². The Labute approximate surface area is 99.7 Å². The lowest BCUT2D eigenvalue weighted by Gasteiger charge is -2.18. The van der Waals surface area contributed by atoms with Crippen molar-refractivity contribution < 1.29 is 14.4 Å². The number of nitrogens with one attached hydrogen (secondary N) is 2. The Kier molecular flexibility index (Phi) is 5.41. The number of carbonyl (C=O) groups excluding carboxylic acids is 3. The van der Waals surface area contributed by atoms with Crippen LogP contribution in [-0.2, 0) is 14.4 Å². The fraction of sp³-hybridized carbons (Fsp3) is 0.700. The predicted molar refractivity (Wildman–Crippen MR) is 60.9 cm³/mol. The second kappa shape index (κ2) is 6.85. The van der Waals surface area contributed by atoms with Crippen molar-refractivity contribution in [1.29, 1.82) is 0 Å². The summed E-state index contributed by atoms with van der Waals surface area (Å²) in [5.74, 6) is -1.72. The van der Waals surface area contributed by atoms with Crippen molar-refractivity contribution in [2.75, 3.05) is 32.7 Å². The number of primary amides is 1. The third-order valence-corrected chi connectivity index (χ3v) is 2.48. The largest absolute Gasteiger partial charge is 0.370 e. The molecule has 1 aliphatic rings. The Bertz CT molecular complexity index is 298. The van der Waals surface area contributed by atoms with E-state index < -0.39 is 17.7 Å². The molecule has 0 aromatic carbocycles. The number of carbonyl (C=O) groups is 3. The first-order chi connectivity index (χ1) is 8.11. The van der Waals surface area contributed by atoms with Crippen molar-refractivity contribution >= 4 is 17.7 Å². The van der Waals surface area contributed by atoms with Crippen LogP contribution < -0.4 is 16.4 Å². The highest BCUT2D eigenvalue weighted by atomic mass is 16.2. The van der Waals surface area contributed by atoms with E-state index in [1.807, 2.05) is 0 Å². The average molecular weight is 242 g/mol. The number of amides is 3. The fourth-order valence-electron chi connectivity index (χ4n) is 1.57. The van der Waals surface area contributed by atoms with E-state index in [-0.39, 0.29) is 13.0 Å². The average Bonchev–Trinajstić information content (AvgIpc) is 2.55. The minimum absolute atomic E-state index is 0.0422. The number of nitrogens with two attached hydrogens (primary N) is 1. The van der Waals surface area contributed by atoms with Gasteiger partial charge in [-0.3, -0.25) is 14.4 Å². The standard InChI is InChI=1S/C10H18N4O3/c11-8(15)2-4-13-9(16)10(17)14-6-1-3-12-5-7-14/h12H,1-7H2,(H2,11,15)(H,13,16). The van der Waals surface area contributed by atoms with Crippen molar-refractivity contribution in [3.05, 3.63) is 0 Å². The Balaban J connectivity index is 2.34. The maximum Gasteiger partial charge on any atom is 0.311 e. The minimum atomic E-state index is -0.673. The van der Waals surface area contributed by atoms with Gasteiger partial charge in [-0.1, -0.05) is 0 Å². The van der Waals surface area contributed by atoms with Crippen LogP contribution in [0.2, 0.25) is 0 Å². The van der Waals surface area contributed by atoms with Crippen LogP contribution in [0.5, 0.6) is 0 Å². The van der Waals surface area contributed by atoms with Crippen molar-refractivity contribution in [1.82, 2.24) is 15.5 Å². The quantitative estimate of drug-likeness (QED) is 0.488. The molecule has 0 spiro atoms. The van der Waals surface area contributed by atoms with Gasteiger partial charge in [0.25, 0.3) is 0 Å². The molecule has 7 heteroatoms. The molecule has 1 heterocycles. The topological polar surface area (TPSA) is 105 Å². The summed E-state index contributed by atoms with van der Waals surface area (Å²) >= 11 is 0. The van der Waals surface area contributed by atoms with Crippen molar-refractivity contribution in [2.24, 2.45) is 5.73 Å².